The summed E-state index contributed by atoms with van der Waals surface area (Å²) in [5.74, 6) is 0.324. The van der Waals surface area contributed by atoms with E-state index in [1.807, 2.05) is 0 Å². The first-order valence-electron chi connectivity index (χ1n) is 9.24. The van der Waals surface area contributed by atoms with Crippen LogP contribution in [0.2, 0.25) is 0 Å². The fraction of sp³-hybridized carbons (Fsp3) is 0.500. The van der Waals surface area contributed by atoms with Crippen molar-refractivity contribution in [2.24, 2.45) is 0 Å². The molecule has 0 bridgehead atoms. The summed E-state index contributed by atoms with van der Waals surface area (Å²) >= 11 is 0. The number of benzene rings is 1. The molecule has 3 rings (SSSR count). The van der Waals surface area contributed by atoms with E-state index in [1.54, 1.807) is 22.8 Å². The number of hydrogen-bond acceptors (Lipinski definition) is 5. The van der Waals surface area contributed by atoms with Crippen LogP contribution in [-0.4, -0.2) is 47.1 Å². The first kappa shape index (κ1) is 20.3. The van der Waals surface area contributed by atoms with Crippen molar-refractivity contribution in [2.45, 2.75) is 50.2 Å². The molecule has 0 radical (unpaired) electrons. The van der Waals surface area contributed by atoms with Crippen LogP contribution in [0.4, 0.5) is 0 Å². The lowest BCUT2D eigenvalue weighted by Crippen LogP contribution is -2.34. The van der Waals surface area contributed by atoms with Crippen LogP contribution in [0.5, 0.6) is 0 Å². The zero-order valence-corrected chi connectivity index (χ0v) is 16.9. The van der Waals surface area contributed by atoms with Gasteiger partial charge in [0, 0.05) is 33.6 Å². The lowest BCUT2D eigenvalue weighted by molar-refractivity contribution is -0.122. The van der Waals surface area contributed by atoms with Crippen molar-refractivity contribution in [3.8, 4) is 0 Å². The van der Waals surface area contributed by atoms with Gasteiger partial charge in [0.15, 0.2) is 0 Å². The van der Waals surface area contributed by atoms with Crippen LogP contribution in [0.15, 0.2) is 34.0 Å². The van der Waals surface area contributed by atoms with E-state index >= 15 is 0 Å². The van der Waals surface area contributed by atoms with Gasteiger partial charge >= 0.3 is 5.69 Å². The van der Waals surface area contributed by atoms with Gasteiger partial charge in [0.05, 0.1) is 4.90 Å². The molecule has 0 fully saturated rings. The zero-order valence-electron chi connectivity index (χ0n) is 16.1. The average molecular weight is 407 g/mol. The first-order chi connectivity index (χ1) is 13.3. The second-order valence-electron chi connectivity index (χ2n) is 6.99. The normalized spacial score (nSPS) is 14.5. The van der Waals surface area contributed by atoms with Crippen LogP contribution in [0.1, 0.15) is 30.7 Å². The van der Waals surface area contributed by atoms with Crippen LogP contribution < -0.4 is 11.0 Å². The van der Waals surface area contributed by atoms with Gasteiger partial charge in [-0.3, -0.25) is 9.36 Å². The van der Waals surface area contributed by atoms with E-state index in [-0.39, 0.29) is 23.7 Å². The molecule has 1 aromatic carbocycles. The molecule has 9 nitrogen and oxygen atoms in total. The molecule has 2 heterocycles. The minimum Gasteiger partial charge on any atom is -0.350 e. The van der Waals surface area contributed by atoms with Gasteiger partial charge in [0.25, 0.3) is 0 Å². The quantitative estimate of drug-likeness (QED) is 0.743. The number of fused-ring (bicyclic) bond motifs is 1. The minimum atomic E-state index is -3.62. The predicted molar refractivity (Wildman–Crippen MR) is 103 cm³/mol. The van der Waals surface area contributed by atoms with E-state index in [0.717, 1.165) is 35.8 Å². The summed E-state index contributed by atoms with van der Waals surface area (Å²) in [5.41, 5.74) is 0.208. The van der Waals surface area contributed by atoms with Crippen molar-refractivity contribution < 1.29 is 13.2 Å². The Hall–Kier alpha value is -2.46. The highest BCUT2D eigenvalue weighted by atomic mass is 32.2. The van der Waals surface area contributed by atoms with Gasteiger partial charge in [-0.05, 0) is 24.5 Å². The molecule has 0 aliphatic carbocycles. The number of amides is 1. The molecule has 0 spiro atoms. The summed E-state index contributed by atoms with van der Waals surface area (Å²) in [6.45, 7) is 0.484. The molecule has 0 unspecified atom stereocenters. The number of carbonyl (C=O) groups is 1. The Bertz CT molecular complexity index is 1020. The third-order valence-corrected chi connectivity index (χ3v) is 6.70. The van der Waals surface area contributed by atoms with Crippen LogP contribution in [-0.2, 0) is 40.9 Å². The van der Waals surface area contributed by atoms with Crippen molar-refractivity contribution in [3.63, 3.8) is 0 Å². The maximum absolute atomic E-state index is 12.4. The van der Waals surface area contributed by atoms with Crippen molar-refractivity contribution >= 4 is 15.9 Å². The van der Waals surface area contributed by atoms with Gasteiger partial charge in [-0.15, -0.1) is 0 Å². The largest absolute Gasteiger partial charge is 0.350 e. The summed E-state index contributed by atoms with van der Waals surface area (Å²) < 4.78 is 28.8. The van der Waals surface area contributed by atoms with Gasteiger partial charge in [-0.1, -0.05) is 24.6 Å². The lowest BCUT2D eigenvalue weighted by Gasteiger charge is -2.15. The first-order valence-corrected chi connectivity index (χ1v) is 10.7. The molecule has 1 aromatic heterocycles. The van der Waals surface area contributed by atoms with Gasteiger partial charge in [-0.25, -0.2) is 22.2 Å². The van der Waals surface area contributed by atoms with Crippen molar-refractivity contribution in [1.82, 2.24) is 24.0 Å². The molecule has 1 N–H and O–H groups in total. The number of sulfonamides is 1. The van der Waals surface area contributed by atoms with Crippen molar-refractivity contribution in [3.05, 3.63) is 46.1 Å². The lowest BCUT2D eigenvalue weighted by atomic mass is 10.2. The third-order valence-electron chi connectivity index (χ3n) is 4.78. The van der Waals surface area contributed by atoms with Crippen LogP contribution in [0.25, 0.3) is 0 Å². The molecular weight excluding hydrogens is 382 g/mol. The average Bonchev–Trinajstić information content (AvgIpc) is 2.83. The molecule has 0 saturated carbocycles. The van der Waals surface area contributed by atoms with Crippen LogP contribution in [0, 0.1) is 0 Å². The second kappa shape index (κ2) is 8.27. The second-order valence-corrected chi connectivity index (χ2v) is 9.11. The van der Waals surface area contributed by atoms with E-state index in [4.69, 9.17) is 0 Å². The van der Waals surface area contributed by atoms with E-state index in [2.05, 4.69) is 10.4 Å². The number of nitrogens with one attached hydrogen (secondary N) is 1. The SMILES string of the molecule is CN(C)S(=O)(=O)c1ccccc1CNC(=O)Cn1nc2n(c1=O)CCCCC2. The van der Waals surface area contributed by atoms with E-state index in [1.165, 1.54) is 24.8 Å². The van der Waals surface area contributed by atoms with E-state index in [9.17, 15) is 18.0 Å². The summed E-state index contributed by atoms with van der Waals surface area (Å²) in [4.78, 5) is 24.9. The van der Waals surface area contributed by atoms with Crippen LogP contribution in [0.3, 0.4) is 0 Å². The monoisotopic (exact) mass is 407 g/mol. The Labute approximate surface area is 164 Å². The standard InChI is InChI=1S/C18H25N5O4S/c1-21(2)28(26,27)15-9-6-5-8-14(15)12-19-17(24)13-23-18(25)22-11-7-3-4-10-16(22)20-23/h5-6,8-9H,3-4,7,10-13H2,1-2H3,(H,19,24). The molecule has 0 saturated heterocycles. The molecule has 152 valence electrons. The number of hydrogen-bond donors (Lipinski definition) is 1. The Morgan fingerprint density at radius 1 is 1.21 bits per heavy atom. The molecular formula is C18H25N5O4S. The van der Waals surface area contributed by atoms with E-state index < -0.39 is 15.9 Å². The fourth-order valence-electron chi connectivity index (χ4n) is 3.21. The molecule has 28 heavy (non-hydrogen) atoms. The fourth-order valence-corrected chi connectivity index (χ4v) is 4.33. The highest BCUT2D eigenvalue weighted by molar-refractivity contribution is 7.89. The summed E-state index contributed by atoms with van der Waals surface area (Å²) in [7, 11) is -0.699. The molecule has 10 heteroatoms. The van der Waals surface area contributed by atoms with Gasteiger partial charge in [-0.2, -0.15) is 5.10 Å². The third kappa shape index (κ3) is 4.17. The van der Waals surface area contributed by atoms with Gasteiger partial charge in [0.1, 0.15) is 12.4 Å². The molecule has 2 aromatic rings. The maximum atomic E-state index is 12.4. The predicted octanol–water partition coefficient (Wildman–Crippen LogP) is 0.338. The molecule has 0 atom stereocenters. The zero-order chi connectivity index (χ0) is 20.3. The van der Waals surface area contributed by atoms with Crippen molar-refractivity contribution in [1.29, 1.82) is 0 Å². The molecule has 1 aliphatic heterocycles. The van der Waals surface area contributed by atoms with Gasteiger partial charge in [0.2, 0.25) is 15.9 Å². The summed E-state index contributed by atoms with van der Waals surface area (Å²) in [6.07, 6.45) is 3.72. The number of carbonyl (C=O) groups excluding carboxylic acids is 1. The Morgan fingerprint density at radius 3 is 2.71 bits per heavy atom. The number of aryl methyl sites for hydroxylation is 1. The highest BCUT2D eigenvalue weighted by Gasteiger charge is 2.21. The number of aromatic nitrogens is 3. The molecule has 1 aliphatic rings. The van der Waals surface area contributed by atoms with Crippen LogP contribution >= 0.6 is 0 Å². The maximum Gasteiger partial charge on any atom is 0.346 e. The smallest absolute Gasteiger partial charge is 0.346 e. The molecule has 1 amide bonds. The van der Waals surface area contributed by atoms with E-state index in [0.29, 0.717) is 12.1 Å². The van der Waals surface area contributed by atoms with Crippen molar-refractivity contribution in [2.75, 3.05) is 14.1 Å². The topological polar surface area (TPSA) is 106 Å². The Balaban J connectivity index is 1.70. The van der Waals surface area contributed by atoms with Gasteiger partial charge < -0.3 is 5.32 Å². The number of nitrogens with zero attached hydrogens (tertiary/aromatic N) is 4. The summed E-state index contributed by atoms with van der Waals surface area (Å²) in [5, 5.41) is 6.98. The minimum absolute atomic E-state index is 0.0460. The Morgan fingerprint density at radius 2 is 1.96 bits per heavy atom. The number of rotatable bonds is 6. The Kier molecular flexibility index (Phi) is 5.99. The highest BCUT2D eigenvalue weighted by Crippen LogP contribution is 2.18. The summed E-state index contributed by atoms with van der Waals surface area (Å²) in [6, 6.07) is 6.52.